The number of carbonyl (C=O) groups excluding carboxylic acids is 9. The highest BCUT2D eigenvalue weighted by atomic mass is 32.2. The van der Waals surface area contributed by atoms with Crippen molar-refractivity contribution in [3.8, 4) is 0 Å². The topological polar surface area (TPSA) is 292 Å². The number of piperazine rings is 1. The first-order chi connectivity index (χ1) is 41.4. The van der Waals surface area contributed by atoms with Crippen molar-refractivity contribution in [2.75, 3.05) is 43.1 Å². The number of fused-ring (bicyclic) bond motifs is 1. The molecule has 3 aliphatic heterocycles. The number of anilines is 1. The quantitative estimate of drug-likeness (QED) is 0.0217. The van der Waals surface area contributed by atoms with Crippen molar-refractivity contribution in [1.82, 2.24) is 50.9 Å². The summed E-state index contributed by atoms with van der Waals surface area (Å²) < 4.78 is 24.7. The van der Waals surface area contributed by atoms with Crippen molar-refractivity contribution in [2.45, 2.75) is 74.2 Å². The van der Waals surface area contributed by atoms with Crippen LogP contribution in [0, 0.1) is 0 Å². The largest absolute Gasteiger partial charge is 0.451 e. The highest BCUT2D eigenvalue weighted by Gasteiger charge is 2.55. The van der Waals surface area contributed by atoms with E-state index in [0.717, 1.165) is 0 Å². The molecule has 86 heavy (non-hydrogen) atoms. The van der Waals surface area contributed by atoms with Gasteiger partial charge in [0.2, 0.25) is 11.1 Å². The van der Waals surface area contributed by atoms with Gasteiger partial charge in [0.25, 0.3) is 5.91 Å². The van der Waals surface area contributed by atoms with Gasteiger partial charge in [-0.15, -0.1) is 16.9 Å². The lowest BCUT2D eigenvalue weighted by Gasteiger charge is -2.50. The van der Waals surface area contributed by atoms with E-state index in [0.29, 0.717) is 37.9 Å². The van der Waals surface area contributed by atoms with Crippen LogP contribution in [0.3, 0.4) is 0 Å². The standard InChI is InChI=1S/C60H61N11O13S2/c1-6-69-30-31-70(52(75)51(69)74)56(78)64-44(40-28-19-29-42(32-40)61-58(79)81-33-43(62-59(80)84-60(2,3)4)54(76)82-47(36-20-11-7-12-21-36)37-22-13-8-14-23-37)49(72)63-45-50(73)71-46(41(34-85-53(45)71)35-86-57-65-66-67-68(57)5)55(77)83-48(38-24-15-9-16-25-38)39-26-17-10-18-27-39/h7-29,32,43-45,47-48,53H,6,30-31,33-35H2,1-5H3,(H,61,79)(H,62,80)(H,63,72)(H,64,78)/t43?,44-,45-,53-/m1/s1. The lowest BCUT2D eigenvalue weighted by molar-refractivity contribution is -0.155. The molecule has 0 aliphatic carbocycles. The summed E-state index contributed by atoms with van der Waals surface area (Å²) in [6.45, 7) is 5.84. The first-order valence-electron chi connectivity index (χ1n) is 27.2. The maximum atomic E-state index is 14.8. The van der Waals surface area contributed by atoms with Crippen LogP contribution in [0.4, 0.5) is 20.1 Å². The van der Waals surface area contributed by atoms with Gasteiger partial charge in [0.1, 0.15) is 35.4 Å². The molecule has 5 aromatic carbocycles. The number of imide groups is 1. The minimum Gasteiger partial charge on any atom is -0.451 e. The monoisotopic (exact) mass is 1210 g/mol. The van der Waals surface area contributed by atoms with Crippen molar-refractivity contribution in [3.63, 3.8) is 0 Å². The molecule has 26 heteroatoms. The number of benzene rings is 5. The summed E-state index contributed by atoms with van der Waals surface area (Å²) in [5.41, 5.74) is 2.15. The van der Waals surface area contributed by atoms with E-state index in [1.54, 1.807) is 95.4 Å². The number of hydrogen-bond acceptors (Lipinski definition) is 18. The average Bonchev–Trinajstić information content (AvgIpc) is 0.810. The van der Waals surface area contributed by atoms with Crippen LogP contribution in [0.5, 0.6) is 0 Å². The van der Waals surface area contributed by atoms with E-state index in [9.17, 15) is 43.2 Å². The fourth-order valence-corrected chi connectivity index (χ4v) is 11.8. The Labute approximate surface area is 502 Å². The fraction of sp³-hybridized carbons (Fsp3) is 0.300. The number of alkyl carbamates (subject to hydrolysis) is 1. The average molecular weight is 1210 g/mol. The summed E-state index contributed by atoms with van der Waals surface area (Å²) in [6.07, 6.45) is -3.93. The molecule has 0 spiro atoms. The number of amides is 8. The van der Waals surface area contributed by atoms with Crippen LogP contribution >= 0.6 is 23.5 Å². The number of tetrazole rings is 1. The maximum absolute atomic E-state index is 14.8. The molecule has 0 saturated carbocycles. The van der Waals surface area contributed by atoms with Gasteiger partial charge in [-0.2, -0.15) is 0 Å². The molecule has 4 atom stereocenters. The van der Waals surface area contributed by atoms with Gasteiger partial charge in [-0.05, 0) is 83.6 Å². The molecule has 4 N–H and O–H groups in total. The van der Waals surface area contributed by atoms with E-state index in [1.165, 1.54) is 62.3 Å². The Bertz CT molecular complexity index is 3440. The predicted octanol–water partition coefficient (Wildman–Crippen LogP) is 6.21. The van der Waals surface area contributed by atoms with Crippen LogP contribution in [-0.4, -0.2) is 149 Å². The Balaban J connectivity index is 0.952. The number of urea groups is 1. The Morgan fingerprint density at radius 2 is 1.30 bits per heavy atom. The minimum atomic E-state index is -1.70. The molecule has 2 saturated heterocycles. The van der Waals surface area contributed by atoms with Gasteiger partial charge in [-0.1, -0.05) is 145 Å². The molecule has 446 valence electrons. The van der Waals surface area contributed by atoms with Gasteiger partial charge in [0, 0.05) is 43.9 Å². The molecule has 6 aromatic rings. The molecule has 24 nitrogen and oxygen atoms in total. The SMILES string of the molecule is CCN1CCN(C(=O)N[C@@H](C(=O)N[C@@H]2C(=O)N3C(C(=O)OC(c4ccccc4)c4ccccc4)=C(CSc4nnnn4C)CS[C@H]23)c2cccc(NC(=O)OCC(NC(=O)OC(C)(C)C)C(=O)OC(c3ccccc3)c3ccccc3)c2)C(=O)C1=O. The number of ether oxygens (including phenoxy) is 4. The third-order valence-electron chi connectivity index (χ3n) is 13.7. The zero-order chi connectivity index (χ0) is 61.1. The van der Waals surface area contributed by atoms with Crippen LogP contribution in [-0.2, 0) is 54.8 Å². The van der Waals surface area contributed by atoms with Gasteiger partial charge < -0.3 is 39.8 Å². The van der Waals surface area contributed by atoms with Crippen LogP contribution in [0.25, 0.3) is 0 Å². The normalized spacial score (nSPS) is 16.5. The molecule has 2 fully saturated rings. The first kappa shape index (κ1) is 61.0. The lowest BCUT2D eigenvalue weighted by Crippen LogP contribution is -2.71. The van der Waals surface area contributed by atoms with E-state index in [4.69, 9.17) is 18.9 Å². The second-order valence-electron chi connectivity index (χ2n) is 20.7. The summed E-state index contributed by atoms with van der Waals surface area (Å²) in [7, 11) is 1.66. The van der Waals surface area contributed by atoms with E-state index < -0.39 is 102 Å². The zero-order valence-corrected chi connectivity index (χ0v) is 49.0. The smallest absolute Gasteiger partial charge is 0.411 e. The molecule has 1 unspecified atom stereocenters. The second kappa shape index (κ2) is 27.4. The van der Waals surface area contributed by atoms with Gasteiger partial charge >= 0.3 is 42.0 Å². The number of nitrogens with zero attached hydrogens (tertiary/aromatic N) is 7. The number of nitrogens with one attached hydrogen (secondary N) is 4. The number of esters is 2. The number of likely N-dealkylation sites (N-methyl/N-ethyl adjacent to an activating group) is 1. The summed E-state index contributed by atoms with van der Waals surface area (Å²) in [4.78, 5) is 129. The van der Waals surface area contributed by atoms with Crippen LogP contribution in [0.2, 0.25) is 0 Å². The molecular weight excluding hydrogens is 1150 g/mol. The third kappa shape index (κ3) is 14.7. The Kier molecular flexibility index (Phi) is 19.5. The van der Waals surface area contributed by atoms with E-state index >= 15 is 0 Å². The molecule has 0 radical (unpaired) electrons. The van der Waals surface area contributed by atoms with E-state index in [1.807, 2.05) is 60.7 Å². The van der Waals surface area contributed by atoms with Crippen molar-refractivity contribution in [2.24, 2.45) is 7.05 Å². The molecule has 1 aromatic heterocycles. The highest BCUT2D eigenvalue weighted by molar-refractivity contribution is 8.01. The minimum absolute atomic E-state index is 0.00338. The highest BCUT2D eigenvalue weighted by Crippen LogP contribution is 2.43. The van der Waals surface area contributed by atoms with E-state index in [-0.39, 0.29) is 48.1 Å². The van der Waals surface area contributed by atoms with Crippen molar-refractivity contribution < 1.29 is 62.1 Å². The van der Waals surface area contributed by atoms with Crippen LogP contribution < -0.4 is 21.3 Å². The fourth-order valence-electron chi connectivity index (χ4n) is 9.44. The molecule has 9 rings (SSSR count). The maximum Gasteiger partial charge on any atom is 0.411 e. The Morgan fingerprint density at radius 3 is 1.86 bits per heavy atom. The van der Waals surface area contributed by atoms with Gasteiger partial charge in [-0.3, -0.25) is 34.3 Å². The van der Waals surface area contributed by atoms with Gasteiger partial charge in [0.05, 0.1) is 0 Å². The number of thioether (sulfide) groups is 2. The first-order valence-corrected chi connectivity index (χ1v) is 29.3. The number of aryl methyl sites for hydroxylation is 1. The molecule has 3 aliphatic rings. The summed E-state index contributed by atoms with van der Waals surface area (Å²) in [5.74, 6) is -5.07. The summed E-state index contributed by atoms with van der Waals surface area (Å²) in [5, 5.41) is 21.5. The number of carbonyl (C=O) groups is 9. The third-order valence-corrected chi connectivity index (χ3v) is 16.1. The van der Waals surface area contributed by atoms with Gasteiger partial charge in [0.15, 0.2) is 18.2 Å². The lowest BCUT2D eigenvalue weighted by atomic mass is 10.00. The number of rotatable bonds is 20. The van der Waals surface area contributed by atoms with E-state index in [2.05, 4.69) is 36.8 Å². The van der Waals surface area contributed by atoms with Crippen molar-refractivity contribution >= 4 is 83.0 Å². The molecule has 4 heterocycles. The second-order valence-corrected chi connectivity index (χ2v) is 22.8. The molecule has 0 bridgehead atoms. The number of aromatic nitrogens is 4. The summed E-state index contributed by atoms with van der Waals surface area (Å²) >= 11 is 2.51. The number of hydrogen-bond donors (Lipinski definition) is 4. The molecule has 8 amide bonds. The van der Waals surface area contributed by atoms with Gasteiger partial charge in [-0.25, -0.2) is 28.7 Å². The number of β-lactam (4-membered cyclic amide) rings is 1. The van der Waals surface area contributed by atoms with Crippen molar-refractivity contribution in [3.05, 3.63) is 185 Å². The van der Waals surface area contributed by atoms with Crippen LogP contribution in [0.15, 0.2) is 162 Å². The zero-order valence-electron chi connectivity index (χ0n) is 47.3. The molecular formula is C60H61N11O13S2. The predicted molar refractivity (Wildman–Crippen MR) is 313 cm³/mol. The Morgan fingerprint density at radius 1 is 0.721 bits per heavy atom. The van der Waals surface area contributed by atoms with Crippen molar-refractivity contribution in [1.29, 1.82) is 0 Å². The summed E-state index contributed by atoms with van der Waals surface area (Å²) in [6, 6.07) is 35.9. The Hall–Kier alpha value is -9.56. The van der Waals surface area contributed by atoms with Crippen LogP contribution in [0.1, 0.15) is 73.8 Å².